The van der Waals surface area contributed by atoms with Crippen LogP contribution in [0.3, 0.4) is 0 Å². The SMILES string of the molecule is CCC(C)C(=O)NCc1coc(-c2cccs2)n1. The Morgan fingerprint density at radius 2 is 2.44 bits per heavy atom. The molecule has 1 atom stereocenters. The molecule has 1 unspecified atom stereocenters. The van der Waals surface area contributed by atoms with Crippen molar-refractivity contribution in [1.82, 2.24) is 10.3 Å². The van der Waals surface area contributed by atoms with Crippen LogP contribution in [-0.2, 0) is 11.3 Å². The smallest absolute Gasteiger partial charge is 0.236 e. The Kier molecular flexibility index (Phi) is 4.15. The maximum atomic E-state index is 11.6. The van der Waals surface area contributed by atoms with E-state index in [0.29, 0.717) is 12.4 Å². The van der Waals surface area contributed by atoms with Crippen LogP contribution in [0.2, 0.25) is 0 Å². The summed E-state index contributed by atoms with van der Waals surface area (Å²) in [6, 6.07) is 3.91. The van der Waals surface area contributed by atoms with Gasteiger partial charge in [-0.2, -0.15) is 0 Å². The molecule has 0 aromatic carbocycles. The van der Waals surface area contributed by atoms with Gasteiger partial charge in [0.15, 0.2) is 0 Å². The fraction of sp³-hybridized carbons (Fsp3) is 0.385. The van der Waals surface area contributed by atoms with Gasteiger partial charge < -0.3 is 9.73 Å². The third-order valence-corrected chi connectivity index (χ3v) is 3.65. The van der Waals surface area contributed by atoms with E-state index in [1.54, 1.807) is 17.6 Å². The maximum Gasteiger partial charge on any atom is 0.236 e. The fourth-order valence-corrected chi connectivity index (χ4v) is 2.09. The highest BCUT2D eigenvalue weighted by Crippen LogP contribution is 2.23. The molecule has 5 heteroatoms. The molecule has 0 spiro atoms. The van der Waals surface area contributed by atoms with Gasteiger partial charge in [0.05, 0.1) is 17.1 Å². The van der Waals surface area contributed by atoms with E-state index in [4.69, 9.17) is 4.42 Å². The van der Waals surface area contributed by atoms with E-state index in [9.17, 15) is 4.79 Å². The Labute approximate surface area is 110 Å². The number of carbonyl (C=O) groups excluding carboxylic acids is 1. The molecule has 4 nitrogen and oxygen atoms in total. The van der Waals surface area contributed by atoms with Crippen LogP contribution in [0, 0.1) is 5.92 Å². The molecule has 0 radical (unpaired) electrons. The number of nitrogens with one attached hydrogen (secondary N) is 1. The van der Waals surface area contributed by atoms with E-state index in [1.807, 2.05) is 31.4 Å². The summed E-state index contributed by atoms with van der Waals surface area (Å²) in [6.45, 7) is 4.32. The normalized spacial score (nSPS) is 12.3. The maximum absolute atomic E-state index is 11.6. The first-order valence-electron chi connectivity index (χ1n) is 5.96. The van der Waals surface area contributed by atoms with Crippen LogP contribution in [-0.4, -0.2) is 10.9 Å². The predicted octanol–water partition coefficient (Wildman–Crippen LogP) is 3.07. The second-order valence-electron chi connectivity index (χ2n) is 4.15. The molecule has 96 valence electrons. The van der Waals surface area contributed by atoms with Crippen LogP contribution >= 0.6 is 11.3 Å². The van der Waals surface area contributed by atoms with Crippen molar-refractivity contribution in [2.45, 2.75) is 26.8 Å². The number of rotatable bonds is 5. The van der Waals surface area contributed by atoms with Gasteiger partial charge in [-0.3, -0.25) is 4.79 Å². The largest absolute Gasteiger partial charge is 0.443 e. The molecule has 2 aromatic rings. The number of carbonyl (C=O) groups is 1. The topological polar surface area (TPSA) is 55.1 Å². The van der Waals surface area contributed by atoms with Gasteiger partial charge in [-0.25, -0.2) is 4.98 Å². The Hall–Kier alpha value is -1.62. The molecule has 0 aliphatic heterocycles. The minimum absolute atomic E-state index is 0.0358. The first kappa shape index (κ1) is 12.8. The number of thiophene rings is 1. The highest BCUT2D eigenvalue weighted by Gasteiger charge is 2.12. The average molecular weight is 264 g/mol. The molecule has 1 amide bonds. The number of nitrogens with zero attached hydrogens (tertiary/aromatic N) is 1. The lowest BCUT2D eigenvalue weighted by Gasteiger charge is -2.07. The fourth-order valence-electron chi connectivity index (χ4n) is 1.44. The van der Waals surface area contributed by atoms with E-state index in [2.05, 4.69) is 10.3 Å². The van der Waals surface area contributed by atoms with Crippen LogP contribution in [0.1, 0.15) is 26.0 Å². The first-order chi connectivity index (χ1) is 8.70. The number of hydrogen-bond acceptors (Lipinski definition) is 4. The van der Waals surface area contributed by atoms with E-state index < -0.39 is 0 Å². The van der Waals surface area contributed by atoms with Gasteiger partial charge >= 0.3 is 0 Å². The number of amides is 1. The molecular weight excluding hydrogens is 248 g/mol. The van der Waals surface area contributed by atoms with Crippen LogP contribution in [0.15, 0.2) is 28.2 Å². The zero-order valence-corrected chi connectivity index (χ0v) is 11.3. The predicted molar refractivity (Wildman–Crippen MR) is 71.1 cm³/mol. The lowest BCUT2D eigenvalue weighted by Crippen LogP contribution is -2.28. The summed E-state index contributed by atoms with van der Waals surface area (Å²) in [5, 5.41) is 4.83. The minimum Gasteiger partial charge on any atom is -0.443 e. The molecule has 0 fully saturated rings. The average Bonchev–Trinajstić information content (AvgIpc) is 3.04. The van der Waals surface area contributed by atoms with Crippen molar-refractivity contribution in [2.24, 2.45) is 5.92 Å². The molecule has 2 rings (SSSR count). The van der Waals surface area contributed by atoms with E-state index in [1.165, 1.54) is 0 Å². The molecule has 0 saturated heterocycles. The summed E-state index contributed by atoms with van der Waals surface area (Å²) < 4.78 is 5.38. The van der Waals surface area contributed by atoms with E-state index in [0.717, 1.165) is 17.0 Å². The third kappa shape index (κ3) is 2.98. The van der Waals surface area contributed by atoms with E-state index in [-0.39, 0.29) is 11.8 Å². The zero-order valence-electron chi connectivity index (χ0n) is 10.5. The molecule has 0 bridgehead atoms. The van der Waals surface area contributed by atoms with Gasteiger partial charge in [-0.15, -0.1) is 11.3 Å². The highest BCUT2D eigenvalue weighted by molar-refractivity contribution is 7.13. The summed E-state index contributed by atoms with van der Waals surface area (Å²) in [7, 11) is 0. The number of hydrogen-bond donors (Lipinski definition) is 1. The zero-order chi connectivity index (χ0) is 13.0. The van der Waals surface area contributed by atoms with Crippen molar-refractivity contribution >= 4 is 17.2 Å². The summed E-state index contributed by atoms with van der Waals surface area (Å²) >= 11 is 1.58. The Morgan fingerprint density at radius 1 is 1.61 bits per heavy atom. The molecule has 2 heterocycles. The third-order valence-electron chi connectivity index (χ3n) is 2.79. The molecule has 0 aliphatic carbocycles. The number of aromatic nitrogens is 1. The van der Waals surface area contributed by atoms with Crippen molar-refractivity contribution in [2.75, 3.05) is 0 Å². The monoisotopic (exact) mass is 264 g/mol. The van der Waals surface area contributed by atoms with Gasteiger partial charge in [0.25, 0.3) is 0 Å². The molecule has 0 saturated carbocycles. The van der Waals surface area contributed by atoms with Crippen molar-refractivity contribution in [3.05, 3.63) is 29.5 Å². The Morgan fingerprint density at radius 3 is 3.11 bits per heavy atom. The lowest BCUT2D eigenvalue weighted by atomic mass is 10.1. The van der Waals surface area contributed by atoms with Gasteiger partial charge in [0.2, 0.25) is 11.8 Å². The second kappa shape index (κ2) is 5.82. The minimum atomic E-state index is 0.0358. The van der Waals surface area contributed by atoms with Crippen LogP contribution in [0.25, 0.3) is 10.8 Å². The number of oxazole rings is 1. The second-order valence-corrected chi connectivity index (χ2v) is 5.10. The van der Waals surface area contributed by atoms with Crippen LogP contribution in [0.5, 0.6) is 0 Å². The van der Waals surface area contributed by atoms with Gasteiger partial charge in [-0.05, 0) is 17.9 Å². The molecule has 0 aliphatic rings. The molecule has 18 heavy (non-hydrogen) atoms. The van der Waals surface area contributed by atoms with Crippen LogP contribution in [0.4, 0.5) is 0 Å². The Bertz CT molecular complexity index is 505. The molecule has 1 N–H and O–H groups in total. The van der Waals surface area contributed by atoms with Crippen LogP contribution < -0.4 is 5.32 Å². The van der Waals surface area contributed by atoms with E-state index >= 15 is 0 Å². The van der Waals surface area contributed by atoms with Gasteiger partial charge in [-0.1, -0.05) is 19.9 Å². The lowest BCUT2D eigenvalue weighted by molar-refractivity contribution is -0.124. The van der Waals surface area contributed by atoms with Crippen molar-refractivity contribution < 1.29 is 9.21 Å². The Balaban J connectivity index is 1.93. The van der Waals surface area contributed by atoms with Gasteiger partial charge in [0.1, 0.15) is 6.26 Å². The summed E-state index contributed by atoms with van der Waals surface area (Å²) in [5.74, 6) is 0.699. The first-order valence-corrected chi connectivity index (χ1v) is 6.84. The quantitative estimate of drug-likeness (QED) is 0.903. The van der Waals surface area contributed by atoms with Crippen molar-refractivity contribution in [1.29, 1.82) is 0 Å². The van der Waals surface area contributed by atoms with Crippen molar-refractivity contribution in [3.63, 3.8) is 0 Å². The van der Waals surface area contributed by atoms with Crippen molar-refractivity contribution in [3.8, 4) is 10.8 Å². The summed E-state index contributed by atoms with van der Waals surface area (Å²) in [5.41, 5.74) is 0.745. The molecular formula is C13H16N2O2S. The standard InChI is InChI=1S/C13H16N2O2S/c1-3-9(2)12(16)14-7-10-8-17-13(15-10)11-5-4-6-18-11/h4-6,8-9H,3,7H2,1-2H3,(H,14,16). The summed E-state index contributed by atoms with van der Waals surface area (Å²) in [4.78, 5) is 16.9. The highest BCUT2D eigenvalue weighted by atomic mass is 32.1. The summed E-state index contributed by atoms with van der Waals surface area (Å²) in [6.07, 6.45) is 2.43. The molecule has 2 aromatic heterocycles. The van der Waals surface area contributed by atoms with Gasteiger partial charge in [0, 0.05) is 5.92 Å².